The van der Waals surface area contributed by atoms with E-state index in [1.165, 1.54) is 0 Å². The lowest BCUT2D eigenvalue weighted by molar-refractivity contribution is -0.267. The fourth-order valence-corrected chi connectivity index (χ4v) is 6.72. The van der Waals surface area contributed by atoms with Crippen LogP contribution < -0.4 is 4.74 Å². The maximum Gasteiger partial charge on any atom is 0.353 e. The van der Waals surface area contributed by atoms with Gasteiger partial charge >= 0.3 is 6.11 Å². The average Bonchev–Trinajstić information content (AvgIpc) is 3.14. The molecule has 2 aromatic rings. The number of aliphatic hydroxyl groups excluding tert-OH is 1. The number of benzene rings is 1. The lowest BCUT2D eigenvalue weighted by Crippen LogP contribution is -2.65. The van der Waals surface area contributed by atoms with Crippen LogP contribution in [0.3, 0.4) is 0 Å². The second-order valence-electron chi connectivity index (χ2n) is 10.9. The number of aliphatic hydroxyl groups is 1. The number of Topliss-reactive ketones (excluding diaryl/α,β-unsaturated/α-hetero) is 1. The molecule has 4 saturated carbocycles. The van der Waals surface area contributed by atoms with Crippen LogP contribution in [0.15, 0.2) is 30.7 Å². The molecule has 6 nitrogen and oxygen atoms in total. The predicted molar refractivity (Wildman–Crippen MR) is 119 cm³/mol. The van der Waals surface area contributed by atoms with Crippen molar-refractivity contribution in [3.8, 4) is 5.75 Å². The topological polar surface area (TPSA) is 73.6 Å². The van der Waals surface area contributed by atoms with Crippen molar-refractivity contribution in [2.24, 2.45) is 5.41 Å². The molecule has 0 radical (unpaired) electrons. The van der Waals surface area contributed by atoms with Crippen LogP contribution in [-0.4, -0.2) is 38.8 Å². The number of hydrogen-bond donors (Lipinski definition) is 1. The highest BCUT2D eigenvalue weighted by Gasteiger charge is 2.69. The molecule has 2 bridgehead atoms. The highest BCUT2D eigenvalue weighted by molar-refractivity contribution is 6.30. The van der Waals surface area contributed by atoms with Gasteiger partial charge in [-0.2, -0.15) is 8.78 Å². The molecule has 1 aliphatic heterocycles. The Morgan fingerprint density at radius 2 is 2.06 bits per heavy atom. The number of aromatic nitrogens is 2. The summed E-state index contributed by atoms with van der Waals surface area (Å²) in [5, 5.41) is 11.0. The summed E-state index contributed by atoms with van der Waals surface area (Å²) in [6.07, 6.45) is 3.50. The smallest absolute Gasteiger partial charge is 0.353 e. The van der Waals surface area contributed by atoms with E-state index >= 15 is 0 Å². The number of nitrogens with zero attached hydrogens (tertiary/aromatic N) is 2. The van der Waals surface area contributed by atoms with Gasteiger partial charge in [0, 0.05) is 48.0 Å². The molecule has 4 aliphatic carbocycles. The fourth-order valence-electron chi connectivity index (χ4n) is 6.54. The highest BCUT2D eigenvalue weighted by atomic mass is 35.5. The second-order valence-corrected chi connectivity index (χ2v) is 11.3. The van der Waals surface area contributed by atoms with Crippen molar-refractivity contribution in [1.82, 2.24) is 9.55 Å². The second kappa shape index (κ2) is 7.48. The minimum atomic E-state index is -3.09. The predicted octanol–water partition coefficient (Wildman–Crippen LogP) is 5.13. The van der Waals surface area contributed by atoms with E-state index in [1.54, 1.807) is 24.5 Å². The van der Waals surface area contributed by atoms with E-state index in [0.29, 0.717) is 35.6 Å². The molecule has 2 atom stereocenters. The van der Waals surface area contributed by atoms with E-state index in [9.17, 15) is 18.7 Å². The van der Waals surface area contributed by atoms with Crippen molar-refractivity contribution in [2.45, 2.75) is 87.7 Å². The number of carbonyl (C=O) groups is 1. The average molecular weight is 493 g/mol. The first-order valence-corrected chi connectivity index (χ1v) is 12.2. The number of halogens is 3. The van der Waals surface area contributed by atoms with Gasteiger partial charge in [0.25, 0.3) is 0 Å². The van der Waals surface area contributed by atoms with Gasteiger partial charge < -0.3 is 19.1 Å². The van der Waals surface area contributed by atoms with Gasteiger partial charge in [0.15, 0.2) is 11.9 Å². The van der Waals surface area contributed by atoms with Crippen molar-refractivity contribution < 1.29 is 28.2 Å². The summed E-state index contributed by atoms with van der Waals surface area (Å²) in [7, 11) is 0. The molecule has 9 heteroatoms. The van der Waals surface area contributed by atoms with E-state index in [4.69, 9.17) is 21.1 Å². The van der Waals surface area contributed by atoms with E-state index in [-0.39, 0.29) is 29.1 Å². The molecule has 4 fully saturated rings. The van der Waals surface area contributed by atoms with Crippen molar-refractivity contribution in [2.75, 3.05) is 0 Å². The van der Waals surface area contributed by atoms with Crippen LogP contribution in [-0.2, 0) is 14.9 Å². The maximum atomic E-state index is 13.0. The first-order valence-electron chi connectivity index (χ1n) is 11.8. The number of ether oxygens (including phenoxy) is 2. The number of fused-ring (bicyclic) bond motifs is 1. The first-order chi connectivity index (χ1) is 16.0. The third kappa shape index (κ3) is 3.74. The third-order valence-electron chi connectivity index (χ3n) is 8.10. The summed E-state index contributed by atoms with van der Waals surface area (Å²) in [5.74, 6) is 0.555. The monoisotopic (exact) mass is 492 g/mol. The molecule has 1 aromatic heterocycles. The van der Waals surface area contributed by atoms with Crippen LogP contribution in [0.1, 0.15) is 75.3 Å². The Balaban J connectivity index is 1.03. The minimum absolute atomic E-state index is 0.00242. The summed E-state index contributed by atoms with van der Waals surface area (Å²) in [4.78, 5) is 17.6. The fraction of sp³-hybridized carbons (Fsp3) is 0.600. The van der Waals surface area contributed by atoms with Gasteiger partial charge in [-0.15, -0.1) is 0 Å². The van der Waals surface area contributed by atoms with Crippen molar-refractivity contribution in [3.63, 3.8) is 0 Å². The van der Waals surface area contributed by atoms with Gasteiger partial charge in [0.2, 0.25) is 0 Å². The number of ketones is 1. The molecule has 182 valence electrons. The third-order valence-corrected chi connectivity index (χ3v) is 8.33. The summed E-state index contributed by atoms with van der Waals surface area (Å²) in [6.45, 7) is 0.774. The zero-order valence-electron chi connectivity index (χ0n) is 18.8. The Kier molecular flexibility index (Phi) is 4.94. The van der Waals surface area contributed by atoms with Crippen molar-refractivity contribution >= 4 is 17.4 Å². The van der Waals surface area contributed by atoms with Gasteiger partial charge in [-0.3, -0.25) is 4.79 Å². The Morgan fingerprint density at radius 3 is 2.76 bits per heavy atom. The normalized spacial score (nSPS) is 35.9. The number of hydrogen-bond acceptors (Lipinski definition) is 5. The standard InChI is InChI=1S/C25H27ClF2N2O4/c1-23(27,28)34-16-5-15(6-16)30-9-22(29-13-30)25-10-24(11-25,12-25)8-19(32)21-7-18(31)17-4-14(26)2-3-20(17)33-21/h2-4,9,13,15-16,18,21,31H,5-8,10-12H2,1H3/t15?,16?,18-,21-,24?,25?/m1/s1. The Labute approximate surface area is 201 Å². The summed E-state index contributed by atoms with van der Waals surface area (Å²) in [6, 6.07) is 5.22. The Bertz CT molecular complexity index is 1120. The van der Waals surface area contributed by atoms with Crippen molar-refractivity contribution in [3.05, 3.63) is 47.0 Å². The van der Waals surface area contributed by atoms with Gasteiger partial charge in [0.1, 0.15) is 5.75 Å². The van der Waals surface area contributed by atoms with Gasteiger partial charge in [0.05, 0.1) is 24.2 Å². The minimum Gasteiger partial charge on any atom is -0.482 e. The molecular weight excluding hydrogens is 466 g/mol. The number of rotatable bonds is 7. The highest BCUT2D eigenvalue weighted by Crippen LogP contribution is 2.75. The maximum absolute atomic E-state index is 13.0. The van der Waals surface area contributed by atoms with Crippen LogP contribution >= 0.6 is 11.6 Å². The van der Waals surface area contributed by atoms with Gasteiger partial charge in [-0.05, 0) is 55.7 Å². The van der Waals surface area contributed by atoms with E-state index in [2.05, 4.69) is 4.98 Å². The molecule has 0 unspecified atom stereocenters. The molecule has 0 spiro atoms. The Hall–Kier alpha value is -2.03. The lowest BCUT2D eigenvalue weighted by Gasteiger charge is -2.70. The van der Waals surface area contributed by atoms with E-state index in [1.807, 2.05) is 10.8 Å². The molecule has 2 heterocycles. The summed E-state index contributed by atoms with van der Waals surface area (Å²) >= 11 is 6.01. The molecule has 7 rings (SSSR count). The largest absolute Gasteiger partial charge is 0.482 e. The van der Waals surface area contributed by atoms with Gasteiger partial charge in [-0.1, -0.05) is 11.6 Å². The van der Waals surface area contributed by atoms with Gasteiger partial charge in [-0.25, -0.2) is 4.98 Å². The molecule has 0 saturated heterocycles. The van der Waals surface area contributed by atoms with Crippen LogP contribution in [0.4, 0.5) is 8.78 Å². The first kappa shape index (κ1) is 22.4. The zero-order valence-corrected chi connectivity index (χ0v) is 19.6. The van der Waals surface area contributed by atoms with Crippen LogP contribution in [0.5, 0.6) is 5.75 Å². The SMILES string of the molecule is CC(F)(F)OC1CC(n2cnc(C34CC(CC(=O)[C@H]5C[C@@H](O)c6cc(Cl)ccc6O5)(C3)C4)c2)C1. The van der Waals surface area contributed by atoms with Crippen LogP contribution in [0.25, 0.3) is 0 Å². The van der Waals surface area contributed by atoms with E-state index in [0.717, 1.165) is 31.9 Å². The Morgan fingerprint density at radius 1 is 1.32 bits per heavy atom. The van der Waals surface area contributed by atoms with Crippen LogP contribution in [0, 0.1) is 5.41 Å². The quantitative estimate of drug-likeness (QED) is 0.579. The number of carbonyl (C=O) groups excluding carboxylic acids is 1. The summed E-state index contributed by atoms with van der Waals surface area (Å²) < 4.78 is 38.7. The molecule has 5 aliphatic rings. The van der Waals surface area contributed by atoms with Crippen LogP contribution in [0.2, 0.25) is 5.02 Å². The zero-order chi connectivity index (χ0) is 23.9. The summed E-state index contributed by atoms with van der Waals surface area (Å²) in [5.41, 5.74) is 1.68. The lowest BCUT2D eigenvalue weighted by atomic mass is 9.33. The van der Waals surface area contributed by atoms with Crippen molar-refractivity contribution in [1.29, 1.82) is 0 Å². The molecule has 1 N–H and O–H groups in total. The molecular formula is C25H27ClF2N2O4. The molecule has 0 amide bonds. The number of alkyl halides is 2. The molecule has 1 aromatic carbocycles. The van der Waals surface area contributed by atoms with E-state index < -0.39 is 24.4 Å². The number of imidazole rings is 1. The molecule has 34 heavy (non-hydrogen) atoms.